The molecule has 30 heavy (non-hydrogen) atoms. The van der Waals surface area contributed by atoms with Gasteiger partial charge < -0.3 is 10.8 Å². The van der Waals surface area contributed by atoms with Crippen LogP contribution in [-0.2, 0) is 17.8 Å². The molecule has 7 nitrogen and oxygen atoms in total. The van der Waals surface area contributed by atoms with Crippen molar-refractivity contribution in [2.75, 3.05) is 0 Å². The molecule has 1 heterocycles. The predicted molar refractivity (Wildman–Crippen MR) is 113 cm³/mol. The number of hydrogen-bond acceptors (Lipinski definition) is 5. The third-order valence-electron chi connectivity index (χ3n) is 6.27. The molecule has 1 fully saturated rings. The Hall–Kier alpha value is -3.06. The summed E-state index contributed by atoms with van der Waals surface area (Å²) in [6, 6.07) is 16.5. The summed E-state index contributed by atoms with van der Waals surface area (Å²) in [5, 5.41) is 24.3. The van der Waals surface area contributed by atoms with Gasteiger partial charge in [-0.05, 0) is 57.9 Å². The largest absolute Gasteiger partial charge is 0.481 e. The molecule has 0 unspecified atom stereocenters. The predicted octanol–water partition coefficient (Wildman–Crippen LogP) is 3.54. The molecule has 0 radical (unpaired) electrons. The Morgan fingerprint density at radius 3 is 2.13 bits per heavy atom. The van der Waals surface area contributed by atoms with E-state index in [0.29, 0.717) is 18.8 Å². The third-order valence-corrected chi connectivity index (χ3v) is 6.27. The van der Waals surface area contributed by atoms with Gasteiger partial charge in [0.2, 0.25) is 0 Å². The highest BCUT2D eigenvalue weighted by atomic mass is 16.4. The molecule has 156 valence electrons. The fourth-order valence-corrected chi connectivity index (χ4v) is 4.66. The molecular weight excluding hydrogens is 378 g/mol. The maximum absolute atomic E-state index is 12.2. The summed E-state index contributed by atoms with van der Waals surface area (Å²) in [5.74, 6) is -0.824. The van der Waals surface area contributed by atoms with Gasteiger partial charge in [-0.1, -0.05) is 61.4 Å². The van der Waals surface area contributed by atoms with E-state index in [2.05, 4.69) is 57.0 Å². The van der Waals surface area contributed by atoms with E-state index in [9.17, 15) is 9.90 Å². The first-order valence-electron chi connectivity index (χ1n) is 10.5. The molecular formula is C23H27N5O2. The van der Waals surface area contributed by atoms with Gasteiger partial charge in [0.25, 0.3) is 0 Å². The Morgan fingerprint density at radius 2 is 1.63 bits per heavy atom. The number of nitrogens with one attached hydrogen (secondary N) is 1. The topological polar surface area (TPSA) is 118 Å². The van der Waals surface area contributed by atoms with E-state index in [4.69, 9.17) is 5.73 Å². The Kier molecular flexibility index (Phi) is 6.18. The number of carboxylic acids is 1. The van der Waals surface area contributed by atoms with Crippen LogP contribution in [0.4, 0.5) is 0 Å². The van der Waals surface area contributed by atoms with E-state index >= 15 is 0 Å². The van der Waals surface area contributed by atoms with E-state index in [1.807, 2.05) is 12.1 Å². The molecule has 3 aromatic rings. The SMILES string of the molecule is NCc1ccc(-c2ccc(C[C@H](c3nnn[nH]3)[C@@H](C(=O)O)C3CCCC3)cc2)cc1. The van der Waals surface area contributed by atoms with Gasteiger partial charge >= 0.3 is 5.97 Å². The van der Waals surface area contributed by atoms with Gasteiger partial charge in [0.1, 0.15) is 0 Å². The molecule has 1 saturated carbocycles. The molecule has 4 N–H and O–H groups in total. The van der Waals surface area contributed by atoms with Crippen LogP contribution in [0.5, 0.6) is 0 Å². The molecule has 1 aromatic heterocycles. The van der Waals surface area contributed by atoms with Crippen molar-refractivity contribution in [3.05, 3.63) is 65.5 Å². The van der Waals surface area contributed by atoms with Crippen molar-refractivity contribution in [3.63, 3.8) is 0 Å². The second-order valence-electron chi connectivity index (χ2n) is 8.10. The van der Waals surface area contributed by atoms with Crippen molar-refractivity contribution >= 4 is 5.97 Å². The van der Waals surface area contributed by atoms with Crippen LogP contribution in [0, 0.1) is 11.8 Å². The van der Waals surface area contributed by atoms with Crippen LogP contribution in [-0.4, -0.2) is 31.7 Å². The number of hydrogen-bond donors (Lipinski definition) is 3. The summed E-state index contributed by atoms with van der Waals surface area (Å²) in [5.41, 5.74) is 10.1. The van der Waals surface area contributed by atoms with Crippen LogP contribution in [0.15, 0.2) is 48.5 Å². The first-order valence-corrected chi connectivity index (χ1v) is 10.5. The number of H-pyrrole nitrogens is 1. The Labute approximate surface area is 175 Å². The number of benzene rings is 2. The molecule has 1 aliphatic carbocycles. The van der Waals surface area contributed by atoms with E-state index in [0.717, 1.165) is 47.9 Å². The molecule has 1 aliphatic rings. The number of aromatic nitrogens is 4. The standard InChI is InChI=1S/C23H27N5O2/c24-14-16-7-11-18(12-8-16)17-9-5-15(6-10-17)13-20(22-25-27-28-26-22)21(23(29)30)19-3-1-2-4-19/h5-12,19-21H,1-4,13-14,24H2,(H,29,30)(H,25,26,27,28)/t20-,21-/m0/s1. The maximum Gasteiger partial charge on any atom is 0.307 e. The number of rotatable bonds is 8. The Morgan fingerprint density at radius 1 is 1.03 bits per heavy atom. The lowest BCUT2D eigenvalue weighted by Crippen LogP contribution is -2.30. The molecule has 0 aliphatic heterocycles. The monoisotopic (exact) mass is 405 g/mol. The van der Waals surface area contributed by atoms with Crippen LogP contribution < -0.4 is 5.73 Å². The third kappa shape index (κ3) is 4.41. The van der Waals surface area contributed by atoms with Crippen LogP contribution in [0.25, 0.3) is 11.1 Å². The van der Waals surface area contributed by atoms with Crippen molar-refractivity contribution < 1.29 is 9.90 Å². The molecule has 7 heteroatoms. The van der Waals surface area contributed by atoms with Crippen molar-refractivity contribution in [1.29, 1.82) is 0 Å². The minimum atomic E-state index is -0.764. The van der Waals surface area contributed by atoms with Crippen molar-refractivity contribution in [2.45, 2.75) is 44.6 Å². The van der Waals surface area contributed by atoms with E-state index in [1.54, 1.807) is 0 Å². The number of carboxylic acid groups (broad SMARTS) is 1. The highest BCUT2D eigenvalue weighted by molar-refractivity contribution is 5.72. The van der Waals surface area contributed by atoms with Gasteiger partial charge in [-0.3, -0.25) is 4.79 Å². The van der Waals surface area contributed by atoms with E-state index in [1.165, 1.54) is 0 Å². The quantitative estimate of drug-likeness (QED) is 0.527. The summed E-state index contributed by atoms with van der Waals surface area (Å²) in [6.45, 7) is 0.531. The van der Waals surface area contributed by atoms with Gasteiger partial charge in [-0.25, -0.2) is 5.10 Å². The number of carbonyl (C=O) groups is 1. The van der Waals surface area contributed by atoms with Crippen molar-refractivity contribution in [1.82, 2.24) is 20.6 Å². The van der Waals surface area contributed by atoms with E-state index < -0.39 is 11.9 Å². The Bertz CT molecular complexity index is 948. The number of nitrogens with two attached hydrogens (primary N) is 1. The Balaban J connectivity index is 1.57. The minimum Gasteiger partial charge on any atom is -0.481 e. The molecule has 0 bridgehead atoms. The highest BCUT2D eigenvalue weighted by Gasteiger charge is 2.39. The maximum atomic E-state index is 12.2. The first-order chi connectivity index (χ1) is 14.7. The first kappa shape index (κ1) is 20.2. The summed E-state index contributed by atoms with van der Waals surface area (Å²) in [4.78, 5) is 12.2. The van der Waals surface area contributed by atoms with Gasteiger partial charge in [0.05, 0.1) is 5.92 Å². The zero-order chi connectivity index (χ0) is 20.9. The smallest absolute Gasteiger partial charge is 0.307 e. The highest BCUT2D eigenvalue weighted by Crippen LogP contribution is 2.40. The van der Waals surface area contributed by atoms with Gasteiger partial charge in [0, 0.05) is 12.5 Å². The summed E-state index contributed by atoms with van der Waals surface area (Å²) in [7, 11) is 0. The fourth-order valence-electron chi connectivity index (χ4n) is 4.66. The van der Waals surface area contributed by atoms with Crippen LogP contribution in [0.1, 0.15) is 48.6 Å². The zero-order valence-electron chi connectivity index (χ0n) is 16.9. The fraction of sp³-hybridized carbons (Fsp3) is 0.391. The van der Waals surface area contributed by atoms with Gasteiger partial charge in [-0.2, -0.15) is 0 Å². The molecule has 0 spiro atoms. The molecule has 0 saturated heterocycles. The zero-order valence-corrected chi connectivity index (χ0v) is 16.9. The summed E-state index contributed by atoms with van der Waals surface area (Å²) in [6.07, 6.45) is 4.66. The van der Waals surface area contributed by atoms with Gasteiger partial charge in [-0.15, -0.1) is 5.10 Å². The number of tetrazole rings is 1. The molecule has 0 amide bonds. The molecule has 4 rings (SSSR count). The van der Waals surface area contributed by atoms with Crippen LogP contribution in [0.2, 0.25) is 0 Å². The van der Waals surface area contributed by atoms with Gasteiger partial charge in [0.15, 0.2) is 5.82 Å². The molecule has 2 aromatic carbocycles. The lowest BCUT2D eigenvalue weighted by Gasteiger charge is -2.27. The molecule has 2 atom stereocenters. The summed E-state index contributed by atoms with van der Waals surface area (Å²) >= 11 is 0. The van der Waals surface area contributed by atoms with E-state index in [-0.39, 0.29) is 11.8 Å². The lowest BCUT2D eigenvalue weighted by atomic mass is 9.77. The van der Waals surface area contributed by atoms with Crippen molar-refractivity contribution in [3.8, 4) is 11.1 Å². The summed E-state index contributed by atoms with van der Waals surface area (Å²) < 4.78 is 0. The normalized spacial score (nSPS) is 16.4. The lowest BCUT2D eigenvalue weighted by molar-refractivity contribution is -0.144. The second-order valence-corrected chi connectivity index (χ2v) is 8.10. The van der Waals surface area contributed by atoms with Crippen molar-refractivity contribution in [2.24, 2.45) is 17.6 Å². The van der Waals surface area contributed by atoms with Crippen LogP contribution in [0.3, 0.4) is 0 Å². The minimum absolute atomic E-state index is 0.165. The second kappa shape index (κ2) is 9.17. The number of aromatic amines is 1. The number of aliphatic carboxylic acids is 1. The average Bonchev–Trinajstić information content (AvgIpc) is 3.48. The average molecular weight is 406 g/mol. The van der Waals surface area contributed by atoms with Crippen LogP contribution >= 0.6 is 0 Å². The number of nitrogens with zero attached hydrogens (tertiary/aromatic N) is 3.